The Kier molecular flexibility index (Phi) is 6.58. The molecule has 134 valence electrons. The highest BCUT2D eigenvalue weighted by Gasteiger charge is 2.18. The van der Waals surface area contributed by atoms with Gasteiger partial charge in [-0.05, 0) is 36.8 Å². The van der Waals surface area contributed by atoms with Gasteiger partial charge in [0.15, 0.2) is 0 Å². The molecule has 1 amide bonds. The zero-order valence-electron chi connectivity index (χ0n) is 14.2. The SMILES string of the molecule is Cc1ccc(NC(=O)CCN(Cc2ccc(Cl)cc2)S(C)(=O)=O)cc1. The fraction of sp³-hybridized carbons (Fsp3) is 0.278. The molecule has 7 heteroatoms. The van der Waals surface area contributed by atoms with Gasteiger partial charge in [-0.3, -0.25) is 4.79 Å². The minimum atomic E-state index is -3.43. The average molecular weight is 381 g/mol. The van der Waals surface area contributed by atoms with Crippen LogP contribution >= 0.6 is 11.6 Å². The number of aryl methyl sites for hydroxylation is 1. The first kappa shape index (κ1) is 19.4. The lowest BCUT2D eigenvalue weighted by molar-refractivity contribution is -0.116. The molecule has 0 fully saturated rings. The van der Waals surface area contributed by atoms with Crippen molar-refractivity contribution in [2.45, 2.75) is 19.9 Å². The van der Waals surface area contributed by atoms with E-state index in [9.17, 15) is 13.2 Å². The Hall–Kier alpha value is -1.89. The third kappa shape index (κ3) is 6.49. The van der Waals surface area contributed by atoms with Crippen LogP contribution in [0, 0.1) is 6.92 Å². The molecule has 0 aromatic heterocycles. The molecule has 0 bridgehead atoms. The third-order valence-electron chi connectivity index (χ3n) is 3.66. The Morgan fingerprint density at radius 2 is 1.68 bits per heavy atom. The van der Waals surface area contributed by atoms with Gasteiger partial charge in [0.05, 0.1) is 6.26 Å². The van der Waals surface area contributed by atoms with Crippen LogP contribution in [0.15, 0.2) is 48.5 Å². The van der Waals surface area contributed by atoms with Crippen molar-refractivity contribution < 1.29 is 13.2 Å². The third-order valence-corrected chi connectivity index (χ3v) is 5.17. The molecule has 0 unspecified atom stereocenters. The van der Waals surface area contributed by atoms with E-state index in [0.29, 0.717) is 10.7 Å². The van der Waals surface area contributed by atoms with Gasteiger partial charge in [0.1, 0.15) is 0 Å². The molecule has 2 aromatic carbocycles. The van der Waals surface area contributed by atoms with E-state index in [4.69, 9.17) is 11.6 Å². The van der Waals surface area contributed by atoms with E-state index < -0.39 is 10.0 Å². The molecule has 2 aromatic rings. The summed E-state index contributed by atoms with van der Waals surface area (Å²) < 4.78 is 25.2. The number of hydrogen-bond donors (Lipinski definition) is 1. The molecule has 0 atom stereocenters. The van der Waals surface area contributed by atoms with Gasteiger partial charge in [-0.25, -0.2) is 8.42 Å². The number of anilines is 1. The van der Waals surface area contributed by atoms with Crippen molar-refractivity contribution in [3.05, 3.63) is 64.7 Å². The maximum Gasteiger partial charge on any atom is 0.225 e. The first-order chi connectivity index (χ1) is 11.7. The molecular weight excluding hydrogens is 360 g/mol. The highest BCUT2D eigenvalue weighted by Crippen LogP contribution is 2.14. The van der Waals surface area contributed by atoms with E-state index >= 15 is 0 Å². The van der Waals surface area contributed by atoms with Crippen molar-refractivity contribution in [3.8, 4) is 0 Å². The topological polar surface area (TPSA) is 66.5 Å². The van der Waals surface area contributed by atoms with Gasteiger partial charge in [-0.15, -0.1) is 0 Å². The molecule has 0 spiro atoms. The van der Waals surface area contributed by atoms with Crippen molar-refractivity contribution in [1.29, 1.82) is 0 Å². The van der Waals surface area contributed by atoms with Gasteiger partial charge < -0.3 is 5.32 Å². The molecule has 0 aliphatic heterocycles. The smallest absolute Gasteiger partial charge is 0.225 e. The number of carbonyl (C=O) groups excluding carboxylic acids is 1. The normalized spacial score (nSPS) is 11.5. The minimum absolute atomic E-state index is 0.0779. The number of halogens is 1. The summed E-state index contributed by atoms with van der Waals surface area (Å²) >= 11 is 5.84. The van der Waals surface area contributed by atoms with Crippen molar-refractivity contribution in [2.24, 2.45) is 0 Å². The molecule has 0 saturated carbocycles. The largest absolute Gasteiger partial charge is 0.326 e. The second-order valence-corrected chi connectivity index (χ2v) is 8.31. The fourth-order valence-corrected chi connectivity index (χ4v) is 3.17. The standard InChI is InChI=1S/C18H21ClN2O3S/c1-14-3-9-17(10-4-14)20-18(22)11-12-21(25(2,23)24)13-15-5-7-16(19)8-6-15/h3-10H,11-13H2,1-2H3,(H,20,22). The predicted molar refractivity (Wildman–Crippen MR) is 101 cm³/mol. The first-order valence-electron chi connectivity index (χ1n) is 7.80. The van der Waals surface area contributed by atoms with Gasteiger partial charge in [0.2, 0.25) is 15.9 Å². The van der Waals surface area contributed by atoms with E-state index in [1.54, 1.807) is 24.3 Å². The van der Waals surface area contributed by atoms with Gasteiger partial charge in [0, 0.05) is 30.2 Å². The van der Waals surface area contributed by atoms with E-state index in [-0.39, 0.29) is 25.4 Å². The molecule has 1 N–H and O–H groups in total. The number of amides is 1. The number of carbonyl (C=O) groups is 1. The molecule has 0 aliphatic rings. The summed E-state index contributed by atoms with van der Waals surface area (Å²) in [7, 11) is -3.43. The van der Waals surface area contributed by atoms with Crippen molar-refractivity contribution in [2.75, 3.05) is 18.1 Å². The maximum atomic E-state index is 12.1. The molecule has 2 rings (SSSR count). The van der Waals surface area contributed by atoms with E-state index in [2.05, 4.69) is 5.32 Å². The lowest BCUT2D eigenvalue weighted by Gasteiger charge is -2.20. The zero-order valence-corrected chi connectivity index (χ0v) is 15.8. The van der Waals surface area contributed by atoms with Gasteiger partial charge in [-0.2, -0.15) is 4.31 Å². The quantitative estimate of drug-likeness (QED) is 0.800. The average Bonchev–Trinajstić information content (AvgIpc) is 2.54. The van der Waals surface area contributed by atoms with Gasteiger partial charge in [-0.1, -0.05) is 41.4 Å². The van der Waals surface area contributed by atoms with Crippen molar-refractivity contribution >= 4 is 33.2 Å². The summed E-state index contributed by atoms with van der Waals surface area (Å²) in [6.07, 6.45) is 1.22. The monoisotopic (exact) mass is 380 g/mol. The van der Waals surface area contributed by atoms with E-state index in [1.807, 2.05) is 31.2 Å². The Morgan fingerprint density at radius 1 is 1.08 bits per heavy atom. The predicted octanol–water partition coefficient (Wildman–Crippen LogP) is 3.44. The summed E-state index contributed by atoms with van der Waals surface area (Å²) in [6.45, 7) is 2.28. The Bertz CT molecular complexity index is 818. The molecule has 5 nitrogen and oxygen atoms in total. The van der Waals surface area contributed by atoms with Crippen LogP contribution in [0.3, 0.4) is 0 Å². The fourth-order valence-electron chi connectivity index (χ4n) is 2.24. The zero-order chi connectivity index (χ0) is 18.4. The Morgan fingerprint density at radius 3 is 2.24 bits per heavy atom. The van der Waals surface area contributed by atoms with Crippen LogP contribution in [0.2, 0.25) is 5.02 Å². The highest BCUT2D eigenvalue weighted by molar-refractivity contribution is 7.88. The first-order valence-corrected chi connectivity index (χ1v) is 10.0. The summed E-state index contributed by atoms with van der Waals surface area (Å²) in [4.78, 5) is 12.1. The number of sulfonamides is 1. The number of nitrogens with zero attached hydrogens (tertiary/aromatic N) is 1. The van der Waals surface area contributed by atoms with Crippen LogP contribution in [0.25, 0.3) is 0 Å². The number of rotatable bonds is 7. The van der Waals surface area contributed by atoms with E-state index in [1.165, 1.54) is 4.31 Å². The van der Waals surface area contributed by atoms with Crippen LogP contribution in [0.1, 0.15) is 17.5 Å². The molecule has 0 saturated heterocycles. The van der Waals surface area contributed by atoms with Gasteiger partial charge in [0.25, 0.3) is 0 Å². The van der Waals surface area contributed by atoms with Crippen LogP contribution < -0.4 is 5.32 Å². The van der Waals surface area contributed by atoms with E-state index in [0.717, 1.165) is 17.4 Å². The number of benzene rings is 2. The number of hydrogen-bond acceptors (Lipinski definition) is 3. The Balaban J connectivity index is 1.96. The second-order valence-electron chi connectivity index (χ2n) is 5.89. The second kappa shape index (κ2) is 8.47. The lowest BCUT2D eigenvalue weighted by atomic mass is 10.2. The van der Waals surface area contributed by atoms with Crippen LogP contribution in [0.5, 0.6) is 0 Å². The molecule has 0 heterocycles. The molecule has 0 radical (unpaired) electrons. The number of nitrogens with one attached hydrogen (secondary N) is 1. The molecule has 25 heavy (non-hydrogen) atoms. The summed E-state index contributed by atoms with van der Waals surface area (Å²) in [5.41, 5.74) is 2.61. The van der Waals surface area contributed by atoms with Gasteiger partial charge >= 0.3 is 0 Å². The van der Waals surface area contributed by atoms with Crippen LogP contribution in [0.4, 0.5) is 5.69 Å². The van der Waals surface area contributed by atoms with Crippen molar-refractivity contribution in [3.63, 3.8) is 0 Å². The Labute approximate surface area is 153 Å². The molecule has 0 aliphatic carbocycles. The lowest BCUT2D eigenvalue weighted by Crippen LogP contribution is -2.32. The highest BCUT2D eigenvalue weighted by atomic mass is 35.5. The van der Waals surface area contributed by atoms with Crippen molar-refractivity contribution in [1.82, 2.24) is 4.31 Å². The summed E-state index contributed by atoms with van der Waals surface area (Å²) in [5.74, 6) is -0.228. The van der Waals surface area contributed by atoms with Crippen LogP contribution in [-0.2, 0) is 21.4 Å². The summed E-state index contributed by atoms with van der Waals surface area (Å²) in [6, 6.07) is 14.4. The molecular formula is C18H21ClN2O3S. The van der Waals surface area contributed by atoms with Crippen LogP contribution in [-0.4, -0.2) is 31.4 Å². The summed E-state index contributed by atoms with van der Waals surface area (Å²) in [5, 5.41) is 3.36. The maximum absolute atomic E-state index is 12.1. The minimum Gasteiger partial charge on any atom is -0.326 e.